The van der Waals surface area contributed by atoms with Crippen molar-refractivity contribution in [1.29, 1.82) is 0 Å². The molecule has 0 N–H and O–H groups in total. The van der Waals surface area contributed by atoms with Crippen LogP contribution in [0.3, 0.4) is 0 Å². The second-order valence-corrected chi connectivity index (χ2v) is 8.59. The fraction of sp³-hybridized carbons (Fsp3) is 0.800. The van der Waals surface area contributed by atoms with Gasteiger partial charge in [0.15, 0.2) is 0 Å². The summed E-state index contributed by atoms with van der Waals surface area (Å²) < 4.78 is 35.0. The number of aromatic nitrogens is 2. The molecule has 0 spiro atoms. The molecular weight excluding hydrogens is 302 g/mol. The Balaban J connectivity index is 1.76. The van der Waals surface area contributed by atoms with Crippen molar-refractivity contribution in [3.8, 4) is 0 Å². The third-order valence-corrected chi connectivity index (χ3v) is 7.05. The van der Waals surface area contributed by atoms with Crippen molar-refractivity contribution >= 4 is 10.0 Å². The van der Waals surface area contributed by atoms with E-state index in [-0.39, 0.29) is 11.4 Å². The maximum atomic E-state index is 12.9. The van der Waals surface area contributed by atoms with Gasteiger partial charge in [0, 0.05) is 26.3 Å². The Kier molecular flexibility index (Phi) is 4.56. The number of morpholine rings is 1. The predicted molar refractivity (Wildman–Crippen MR) is 84.0 cm³/mol. The van der Waals surface area contributed by atoms with Crippen molar-refractivity contribution < 1.29 is 13.2 Å². The number of aryl methyl sites for hydroxylation is 2. The van der Waals surface area contributed by atoms with E-state index < -0.39 is 10.0 Å². The van der Waals surface area contributed by atoms with Crippen LogP contribution >= 0.6 is 0 Å². The first kappa shape index (κ1) is 16.0. The SMILES string of the molecule is Cc1cn(C)c(C2CN(S(=O)(=O)C3CCCCC3)CCO2)n1. The van der Waals surface area contributed by atoms with Gasteiger partial charge in [0.25, 0.3) is 0 Å². The van der Waals surface area contributed by atoms with Crippen LogP contribution in [0, 0.1) is 6.92 Å². The van der Waals surface area contributed by atoms with E-state index in [4.69, 9.17) is 4.74 Å². The van der Waals surface area contributed by atoms with Gasteiger partial charge in [0.05, 0.1) is 17.6 Å². The molecular formula is C15H25N3O3S. The lowest BCUT2D eigenvalue weighted by Crippen LogP contribution is -2.47. The van der Waals surface area contributed by atoms with Gasteiger partial charge in [-0.25, -0.2) is 13.4 Å². The summed E-state index contributed by atoms with van der Waals surface area (Å²) in [5.41, 5.74) is 0.924. The zero-order chi connectivity index (χ0) is 15.7. The largest absolute Gasteiger partial charge is 0.368 e. The molecule has 0 amide bonds. The molecule has 3 rings (SSSR count). The van der Waals surface area contributed by atoms with Crippen LogP contribution in [-0.2, 0) is 21.8 Å². The van der Waals surface area contributed by atoms with Gasteiger partial charge in [0.1, 0.15) is 11.9 Å². The fourth-order valence-electron chi connectivity index (χ4n) is 3.52. The van der Waals surface area contributed by atoms with Crippen LogP contribution in [0.25, 0.3) is 0 Å². The Morgan fingerprint density at radius 1 is 1.27 bits per heavy atom. The van der Waals surface area contributed by atoms with Gasteiger partial charge in [0.2, 0.25) is 10.0 Å². The summed E-state index contributed by atoms with van der Waals surface area (Å²) in [7, 11) is -1.29. The fourth-order valence-corrected chi connectivity index (χ4v) is 5.54. The molecule has 0 bridgehead atoms. The number of ether oxygens (including phenoxy) is 1. The van der Waals surface area contributed by atoms with E-state index in [1.54, 1.807) is 4.31 Å². The number of imidazole rings is 1. The molecule has 1 saturated heterocycles. The molecule has 2 heterocycles. The molecule has 1 aromatic rings. The zero-order valence-corrected chi connectivity index (χ0v) is 14.2. The summed E-state index contributed by atoms with van der Waals surface area (Å²) in [6.07, 6.45) is 6.47. The Labute approximate surface area is 132 Å². The Morgan fingerprint density at radius 2 is 2.00 bits per heavy atom. The Hall–Kier alpha value is -0.920. The summed E-state index contributed by atoms with van der Waals surface area (Å²) in [6, 6.07) is 0. The second-order valence-electron chi connectivity index (χ2n) is 6.37. The normalized spacial score (nSPS) is 25.5. The highest BCUT2D eigenvalue weighted by molar-refractivity contribution is 7.89. The van der Waals surface area contributed by atoms with Crippen LogP contribution in [0.1, 0.15) is 49.7 Å². The lowest BCUT2D eigenvalue weighted by atomic mass is 10.0. The van der Waals surface area contributed by atoms with Crippen molar-refractivity contribution in [3.05, 3.63) is 17.7 Å². The lowest BCUT2D eigenvalue weighted by Gasteiger charge is -2.35. The maximum Gasteiger partial charge on any atom is 0.217 e. The van der Waals surface area contributed by atoms with Gasteiger partial charge >= 0.3 is 0 Å². The van der Waals surface area contributed by atoms with E-state index in [0.29, 0.717) is 19.7 Å². The Morgan fingerprint density at radius 3 is 2.64 bits per heavy atom. The summed E-state index contributed by atoms with van der Waals surface area (Å²) in [5.74, 6) is 0.807. The van der Waals surface area contributed by atoms with E-state index in [0.717, 1.165) is 43.6 Å². The van der Waals surface area contributed by atoms with Crippen LogP contribution in [0.5, 0.6) is 0 Å². The summed E-state index contributed by atoms with van der Waals surface area (Å²) in [6.45, 7) is 3.20. The molecule has 1 unspecified atom stereocenters. The third-order valence-electron chi connectivity index (χ3n) is 4.68. The minimum atomic E-state index is -3.22. The Bertz CT molecular complexity index is 620. The second kappa shape index (κ2) is 6.29. The first-order valence-corrected chi connectivity index (χ1v) is 9.59. The van der Waals surface area contributed by atoms with E-state index >= 15 is 0 Å². The topological polar surface area (TPSA) is 64.4 Å². The van der Waals surface area contributed by atoms with Crippen molar-refractivity contribution in [2.75, 3.05) is 19.7 Å². The van der Waals surface area contributed by atoms with Crippen molar-refractivity contribution in [2.45, 2.75) is 50.4 Å². The first-order chi connectivity index (χ1) is 10.5. The quantitative estimate of drug-likeness (QED) is 0.848. The van der Waals surface area contributed by atoms with Crippen LogP contribution in [0.4, 0.5) is 0 Å². The molecule has 1 aromatic heterocycles. The van der Waals surface area contributed by atoms with Crippen molar-refractivity contribution in [1.82, 2.24) is 13.9 Å². The molecule has 124 valence electrons. The summed E-state index contributed by atoms with van der Waals surface area (Å²) >= 11 is 0. The van der Waals surface area contributed by atoms with Crippen LogP contribution in [0.15, 0.2) is 6.20 Å². The smallest absolute Gasteiger partial charge is 0.217 e. The van der Waals surface area contributed by atoms with Gasteiger partial charge in [-0.15, -0.1) is 0 Å². The van der Waals surface area contributed by atoms with Crippen molar-refractivity contribution in [3.63, 3.8) is 0 Å². The van der Waals surface area contributed by atoms with Gasteiger partial charge in [-0.1, -0.05) is 19.3 Å². The van der Waals surface area contributed by atoms with E-state index in [1.807, 2.05) is 24.7 Å². The molecule has 2 fully saturated rings. The molecule has 7 heteroatoms. The maximum absolute atomic E-state index is 12.9. The van der Waals surface area contributed by atoms with E-state index in [1.165, 1.54) is 0 Å². The molecule has 1 atom stereocenters. The highest BCUT2D eigenvalue weighted by Gasteiger charge is 2.37. The molecule has 2 aliphatic rings. The zero-order valence-electron chi connectivity index (χ0n) is 13.4. The molecule has 0 aromatic carbocycles. The monoisotopic (exact) mass is 327 g/mol. The number of nitrogens with zero attached hydrogens (tertiary/aromatic N) is 3. The van der Waals surface area contributed by atoms with E-state index in [2.05, 4.69) is 4.98 Å². The standard InChI is InChI=1S/C15H25N3O3S/c1-12-10-17(2)15(16-12)14-11-18(8-9-21-14)22(19,20)13-6-4-3-5-7-13/h10,13-14H,3-9,11H2,1-2H3. The minimum absolute atomic E-state index is 0.205. The molecule has 1 saturated carbocycles. The minimum Gasteiger partial charge on any atom is -0.368 e. The van der Waals surface area contributed by atoms with Crippen molar-refractivity contribution in [2.24, 2.45) is 7.05 Å². The number of hydrogen-bond acceptors (Lipinski definition) is 4. The summed E-state index contributed by atoms with van der Waals surface area (Å²) in [4.78, 5) is 4.48. The molecule has 6 nitrogen and oxygen atoms in total. The first-order valence-electron chi connectivity index (χ1n) is 8.09. The van der Waals surface area contributed by atoms with Gasteiger partial charge < -0.3 is 9.30 Å². The third kappa shape index (κ3) is 3.07. The van der Waals surface area contributed by atoms with Crippen LogP contribution in [0.2, 0.25) is 0 Å². The number of rotatable bonds is 3. The van der Waals surface area contributed by atoms with Gasteiger partial charge in [-0.2, -0.15) is 4.31 Å². The molecule has 0 radical (unpaired) electrons. The highest BCUT2D eigenvalue weighted by Crippen LogP contribution is 2.29. The number of sulfonamides is 1. The molecule has 22 heavy (non-hydrogen) atoms. The van der Waals surface area contributed by atoms with Crippen LogP contribution in [-0.4, -0.2) is 47.2 Å². The molecule has 1 aliphatic carbocycles. The molecule has 1 aliphatic heterocycles. The van der Waals surface area contributed by atoms with Crippen LogP contribution < -0.4 is 0 Å². The average molecular weight is 327 g/mol. The van der Waals surface area contributed by atoms with E-state index in [9.17, 15) is 8.42 Å². The highest BCUT2D eigenvalue weighted by atomic mass is 32.2. The number of hydrogen-bond donors (Lipinski definition) is 0. The average Bonchev–Trinajstić information content (AvgIpc) is 2.87. The van der Waals surface area contributed by atoms with Gasteiger partial charge in [-0.05, 0) is 19.8 Å². The van der Waals surface area contributed by atoms with Gasteiger partial charge in [-0.3, -0.25) is 0 Å². The predicted octanol–water partition coefficient (Wildman–Crippen LogP) is 1.76. The lowest BCUT2D eigenvalue weighted by molar-refractivity contribution is -0.00931. The summed E-state index contributed by atoms with van der Waals surface area (Å²) in [5, 5.41) is -0.205.